The fourth-order valence-electron chi connectivity index (χ4n) is 1.83. The average molecular weight is 305 g/mol. The topological polar surface area (TPSA) is 91.8 Å². The molecule has 7 heteroatoms. The lowest BCUT2D eigenvalue weighted by molar-refractivity contribution is 0.0683. The average Bonchev–Trinajstić information content (AvgIpc) is 2.83. The van der Waals surface area contributed by atoms with Crippen molar-refractivity contribution in [3.8, 4) is 11.8 Å². The lowest BCUT2D eigenvalue weighted by Gasteiger charge is -2.18. The van der Waals surface area contributed by atoms with Crippen LogP contribution in [-0.4, -0.2) is 25.8 Å². The van der Waals surface area contributed by atoms with Gasteiger partial charge in [0.1, 0.15) is 11.9 Å². The smallest absolute Gasteiger partial charge is 0.375 e. The minimum absolute atomic E-state index is 0.316. The predicted molar refractivity (Wildman–Crippen MR) is 76.7 cm³/mol. The van der Waals surface area contributed by atoms with E-state index in [1.54, 1.807) is 18.2 Å². The monoisotopic (exact) mass is 304 g/mol. The van der Waals surface area contributed by atoms with Crippen LogP contribution in [-0.2, 0) is 5.41 Å². The lowest BCUT2D eigenvalue weighted by atomic mass is 9.95. The Morgan fingerprint density at radius 1 is 1.43 bits per heavy atom. The molecule has 0 aliphatic rings. The fourth-order valence-corrected chi connectivity index (χ4v) is 2.00. The van der Waals surface area contributed by atoms with Gasteiger partial charge in [0.25, 0.3) is 5.82 Å². The zero-order valence-corrected chi connectivity index (χ0v) is 12.5. The number of carboxylic acids is 1. The molecule has 0 spiro atoms. The second kappa shape index (κ2) is 5.19. The van der Waals surface area contributed by atoms with Gasteiger partial charge in [0.15, 0.2) is 0 Å². The van der Waals surface area contributed by atoms with Gasteiger partial charge < -0.3 is 5.11 Å². The summed E-state index contributed by atoms with van der Waals surface area (Å²) in [5.74, 6) is -1.10. The second-order valence-electron chi connectivity index (χ2n) is 5.50. The number of nitrogens with zero attached hydrogens (tertiary/aromatic N) is 4. The molecule has 6 nitrogen and oxygen atoms in total. The third-order valence-electron chi connectivity index (χ3n) is 2.78. The van der Waals surface area contributed by atoms with Gasteiger partial charge in [-0.3, -0.25) is 0 Å². The van der Waals surface area contributed by atoms with Gasteiger partial charge >= 0.3 is 5.97 Å². The van der Waals surface area contributed by atoms with E-state index in [0.29, 0.717) is 22.1 Å². The van der Waals surface area contributed by atoms with Crippen LogP contribution in [0.2, 0.25) is 5.02 Å². The molecule has 0 radical (unpaired) electrons. The maximum absolute atomic E-state index is 11.1. The summed E-state index contributed by atoms with van der Waals surface area (Å²) in [6, 6.07) is 6.76. The van der Waals surface area contributed by atoms with Gasteiger partial charge in [-0.2, -0.15) is 5.26 Å². The van der Waals surface area contributed by atoms with E-state index in [1.807, 2.05) is 26.8 Å². The molecular formula is C14H13ClN4O2. The second-order valence-corrected chi connectivity index (χ2v) is 5.94. The molecule has 0 amide bonds. The molecule has 21 heavy (non-hydrogen) atoms. The van der Waals surface area contributed by atoms with Gasteiger partial charge in [0, 0.05) is 10.4 Å². The number of carbonyl (C=O) groups is 1. The summed E-state index contributed by atoms with van der Waals surface area (Å²) in [5, 5.41) is 22.7. The minimum atomic E-state index is -1.22. The number of aromatic carboxylic acids is 1. The Hall–Kier alpha value is -2.39. The van der Waals surface area contributed by atoms with E-state index in [2.05, 4.69) is 10.1 Å². The number of halogens is 1. The highest BCUT2D eigenvalue weighted by Gasteiger charge is 2.27. The fraction of sp³-hybridized carbons (Fsp3) is 0.286. The molecule has 1 aromatic carbocycles. The van der Waals surface area contributed by atoms with Crippen LogP contribution in [0, 0.1) is 11.3 Å². The first-order valence-electron chi connectivity index (χ1n) is 6.15. The first-order valence-corrected chi connectivity index (χ1v) is 6.52. The number of rotatable bonds is 2. The van der Waals surface area contributed by atoms with Crippen molar-refractivity contribution in [2.45, 2.75) is 26.2 Å². The molecule has 0 saturated carbocycles. The van der Waals surface area contributed by atoms with Gasteiger partial charge in [-0.1, -0.05) is 32.4 Å². The summed E-state index contributed by atoms with van der Waals surface area (Å²) in [7, 11) is 0. The van der Waals surface area contributed by atoms with E-state index in [-0.39, 0.29) is 5.82 Å². The quantitative estimate of drug-likeness (QED) is 0.921. The summed E-state index contributed by atoms with van der Waals surface area (Å²) in [6.45, 7) is 5.65. The molecule has 0 fully saturated rings. The molecule has 0 aliphatic carbocycles. The van der Waals surface area contributed by atoms with Crippen molar-refractivity contribution in [2.24, 2.45) is 0 Å². The Labute approximate surface area is 126 Å². The van der Waals surface area contributed by atoms with E-state index in [4.69, 9.17) is 16.7 Å². The van der Waals surface area contributed by atoms with Crippen LogP contribution in [0.25, 0.3) is 5.69 Å². The number of benzene rings is 1. The number of nitriles is 1. The van der Waals surface area contributed by atoms with E-state index in [0.717, 1.165) is 0 Å². The molecule has 0 bridgehead atoms. The third-order valence-corrected chi connectivity index (χ3v) is 3.01. The lowest BCUT2D eigenvalue weighted by Crippen LogP contribution is -2.19. The molecule has 0 unspecified atom stereocenters. The van der Waals surface area contributed by atoms with E-state index in [1.165, 1.54) is 4.68 Å². The van der Waals surface area contributed by atoms with Crippen LogP contribution in [0.3, 0.4) is 0 Å². The van der Waals surface area contributed by atoms with Crippen molar-refractivity contribution in [1.82, 2.24) is 14.8 Å². The zero-order chi connectivity index (χ0) is 15.8. The van der Waals surface area contributed by atoms with Crippen LogP contribution in [0.15, 0.2) is 18.2 Å². The number of carboxylic acid groups (broad SMARTS) is 1. The highest BCUT2D eigenvalue weighted by Crippen LogP contribution is 2.26. The molecule has 0 aliphatic heterocycles. The first-order chi connectivity index (χ1) is 9.74. The van der Waals surface area contributed by atoms with E-state index < -0.39 is 11.4 Å². The molecule has 1 heterocycles. The maximum atomic E-state index is 11.1. The van der Waals surface area contributed by atoms with E-state index >= 15 is 0 Å². The van der Waals surface area contributed by atoms with Crippen molar-refractivity contribution in [3.05, 3.63) is 40.4 Å². The Bertz CT molecular complexity index is 753. The number of hydrogen-bond acceptors (Lipinski definition) is 4. The molecule has 0 saturated heterocycles. The summed E-state index contributed by atoms with van der Waals surface area (Å²) in [6.07, 6.45) is 0. The van der Waals surface area contributed by atoms with Gasteiger partial charge in [-0.25, -0.2) is 14.5 Å². The number of aromatic nitrogens is 3. The summed E-state index contributed by atoms with van der Waals surface area (Å²) in [4.78, 5) is 15.2. The number of hydrogen-bond donors (Lipinski definition) is 1. The highest BCUT2D eigenvalue weighted by atomic mass is 35.5. The van der Waals surface area contributed by atoms with Crippen LogP contribution in [0.4, 0.5) is 0 Å². The zero-order valence-electron chi connectivity index (χ0n) is 11.8. The Morgan fingerprint density at radius 3 is 2.62 bits per heavy atom. The van der Waals surface area contributed by atoms with Crippen LogP contribution in [0.1, 0.15) is 42.8 Å². The molecule has 2 aromatic rings. The van der Waals surface area contributed by atoms with Gasteiger partial charge in [0.2, 0.25) is 0 Å². The third kappa shape index (κ3) is 2.88. The van der Waals surface area contributed by atoms with Crippen LogP contribution in [0.5, 0.6) is 0 Å². The normalized spacial score (nSPS) is 11.2. The predicted octanol–water partition coefficient (Wildman–Crippen LogP) is 2.79. The van der Waals surface area contributed by atoms with Crippen molar-refractivity contribution in [1.29, 1.82) is 5.26 Å². The Morgan fingerprint density at radius 2 is 2.10 bits per heavy atom. The molecule has 1 N–H and O–H groups in total. The Kier molecular flexibility index (Phi) is 3.71. The van der Waals surface area contributed by atoms with Crippen molar-refractivity contribution >= 4 is 17.6 Å². The summed E-state index contributed by atoms with van der Waals surface area (Å²) < 4.78 is 1.37. The molecule has 108 valence electrons. The maximum Gasteiger partial charge on any atom is 0.375 e. The van der Waals surface area contributed by atoms with Crippen molar-refractivity contribution in [3.63, 3.8) is 0 Å². The molecular weight excluding hydrogens is 292 g/mol. The summed E-state index contributed by atoms with van der Waals surface area (Å²) in [5.41, 5.74) is 0.303. The van der Waals surface area contributed by atoms with Gasteiger partial charge in [-0.15, -0.1) is 5.10 Å². The van der Waals surface area contributed by atoms with Gasteiger partial charge in [-0.05, 0) is 18.2 Å². The van der Waals surface area contributed by atoms with Crippen LogP contribution < -0.4 is 0 Å². The minimum Gasteiger partial charge on any atom is -0.475 e. The molecule has 1 aromatic heterocycles. The van der Waals surface area contributed by atoms with Gasteiger partial charge in [0.05, 0.1) is 11.3 Å². The molecule has 2 rings (SSSR count). The largest absolute Gasteiger partial charge is 0.475 e. The van der Waals surface area contributed by atoms with Crippen molar-refractivity contribution in [2.75, 3.05) is 0 Å². The molecule has 0 atom stereocenters. The highest BCUT2D eigenvalue weighted by molar-refractivity contribution is 6.30. The van der Waals surface area contributed by atoms with Crippen LogP contribution >= 0.6 is 11.6 Å². The first kappa shape index (κ1) is 15.0. The Balaban J connectivity index is 2.77. The standard InChI is InChI=1S/C14H13ClN4O2/c1-14(2,3)13-17-11(12(20)21)18-19(13)10-6-9(15)5-4-8(10)7-16/h4-6H,1-3H3,(H,20,21). The SMILES string of the molecule is CC(C)(C)c1nc(C(=O)O)nn1-c1cc(Cl)ccc1C#N. The summed E-state index contributed by atoms with van der Waals surface area (Å²) >= 11 is 5.97. The van der Waals surface area contributed by atoms with Crippen molar-refractivity contribution < 1.29 is 9.90 Å². The van der Waals surface area contributed by atoms with E-state index in [9.17, 15) is 10.1 Å².